The van der Waals surface area contributed by atoms with Crippen LogP contribution in [0.5, 0.6) is 11.5 Å². The summed E-state index contributed by atoms with van der Waals surface area (Å²) in [5.74, 6) is -1.17. The van der Waals surface area contributed by atoms with E-state index in [-0.39, 0.29) is 11.3 Å². The van der Waals surface area contributed by atoms with E-state index in [4.69, 9.17) is 9.47 Å². The van der Waals surface area contributed by atoms with Crippen molar-refractivity contribution < 1.29 is 29.0 Å². The van der Waals surface area contributed by atoms with Crippen molar-refractivity contribution in [3.05, 3.63) is 28.8 Å². The van der Waals surface area contributed by atoms with E-state index in [0.29, 0.717) is 46.2 Å². The molecule has 1 atom stereocenters. The average Bonchev–Trinajstić information content (AvgIpc) is 2.65. The summed E-state index contributed by atoms with van der Waals surface area (Å²) in [5, 5.41) is 11.0. The molecule has 0 fully saturated rings. The Labute approximate surface area is 149 Å². The number of methoxy groups -OCH3 is 2. The third-order valence-corrected chi connectivity index (χ3v) is 5.15. The summed E-state index contributed by atoms with van der Waals surface area (Å²) < 4.78 is 10.8. The molecule has 0 saturated carbocycles. The number of hydrogen-bond acceptors (Lipinski definition) is 6. The van der Waals surface area contributed by atoms with Crippen LogP contribution in [0.4, 0.5) is 5.69 Å². The van der Waals surface area contributed by atoms with Crippen molar-refractivity contribution in [2.24, 2.45) is 0 Å². The van der Waals surface area contributed by atoms with Crippen molar-refractivity contribution in [2.75, 3.05) is 26.2 Å². The van der Waals surface area contributed by atoms with Gasteiger partial charge < -0.3 is 19.5 Å². The van der Waals surface area contributed by atoms with Crippen molar-refractivity contribution in [3.63, 3.8) is 0 Å². The van der Waals surface area contributed by atoms with Gasteiger partial charge >= 0.3 is 0 Å². The van der Waals surface area contributed by atoms with Crippen LogP contribution in [0.25, 0.3) is 10.8 Å². The first-order valence-electron chi connectivity index (χ1n) is 8.19. The van der Waals surface area contributed by atoms with Crippen LogP contribution in [0.1, 0.15) is 32.7 Å². The number of rotatable bonds is 2. The van der Waals surface area contributed by atoms with Crippen LogP contribution in [-0.2, 0) is 11.2 Å². The fourth-order valence-electron chi connectivity index (χ4n) is 3.86. The zero-order chi connectivity index (χ0) is 18.7. The summed E-state index contributed by atoms with van der Waals surface area (Å²) >= 11 is 0. The molecule has 7 heteroatoms. The number of ether oxygens (including phenoxy) is 2. The Morgan fingerprint density at radius 2 is 1.85 bits per heavy atom. The molecule has 2 aliphatic rings. The first-order chi connectivity index (χ1) is 12.4. The molecule has 1 N–H and O–H groups in total. The molecule has 1 aliphatic carbocycles. The number of carbonyl (C=O) groups is 3. The number of ketones is 2. The third kappa shape index (κ3) is 1.94. The minimum atomic E-state index is -1.10. The fraction of sp³-hybridized carbons (Fsp3) is 0.316. The van der Waals surface area contributed by atoms with Gasteiger partial charge in [-0.2, -0.15) is 0 Å². The lowest BCUT2D eigenvalue weighted by molar-refractivity contribution is -0.114. The van der Waals surface area contributed by atoms with Crippen LogP contribution in [0.15, 0.2) is 12.1 Å². The second-order valence-electron chi connectivity index (χ2n) is 6.45. The molecule has 4 rings (SSSR count). The number of fused-ring (bicyclic) bond motifs is 2. The quantitative estimate of drug-likeness (QED) is 0.821. The summed E-state index contributed by atoms with van der Waals surface area (Å²) in [6, 6.07) is 3.22. The monoisotopic (exact) mass is 355 g/mol. The SMILES string of the molecule is COc1cc2c3c(cc4c(c3c1OC)C(=O)[C@@H](O)CC4)N(C)C(=O)C2=O. The summed E-state index contributed by atoms with van der Waals surface area (Å²) in [6.07, 6.45) is -0.308. The first-order valence-corrected chi connectivity index (χ1v) is 8.19. The molecule has 0 unspecified atom stereocenters. The van der Waals surface area contributed by atoms with E-state index >= 15 is 0 Å². The molecule has 0 spiro atoms. The molecule has 134 valence electrons. The minimum absolute atomic E-state index is 0.173. The van der Waals surface area contributed by atoms with Crippen LogP contribution >= 0.6 is 0 Å². The maximum absolute atomic E-state index is 12.7. The molecule has 0 radical (unpaired) electrons. The molecular formula is C19H17NO6. The van der Waals surface area contributed by atoms with Crippen LogP contribution in [0, 0.1) is 0 Å². The first kappa shape index (κ1) is 16.5. The van der Waals surface area contributed by atoms with Crippen LogP contribution in [-0.4, -0.2) is 50.0 Å². The van der Waals surface area contributed by atoms with Crippen molar-refractivity contribution in [3.8, 4) is 11.5 Å². The Hall–Kier alpha value is -2.93. The van der Waals surface area contributed by atoms with Gasteiger partial charge in [0.05, 0.1) is 19.9 Å². The van der Waals surface area contributed by atoms with Gasteiger partial charge in [-0.3, -0.25) is 14.4 Å². The van der Waals surface area contributed by atoms with Crippen molar-refractivity contribution in [1.29, 1.82) is 0 Å². The molecule has 2 aromatic rings. The number of carbonyl (C=O) groups excluding carboxylic acids is 3. The number of amides is 1. The van der Waals surface area contributed by atoms with E-state index in [9.17, 15) is 19.5 Å². The highest BCUT2D eigenvalue weighted by Crippen LogP contribution is 2.48. The maximum atomic E-state index is 12.7. The summed E-state index contributed by atoms with van der Waals surface area (Å²) in [6.45, 7) is 0. The van der Waals surface area contributed by atoms with E-state index in [0.717, 1.165) is 0 Å². The number of hydrogen-bond donors (Lipinski definition) is 1. The Morgan fingerprint density at radius 1 is 1.12 bits per heavy atom. The predicted molar refractivity (Wildman–Crippen MR) is 93.5 cm³/mol. The highest BCUT2D eigenvalue weighted by Gasteiger charge is 2.38. The van der Waals surface area contributed by atoms with E-state index in [1.54, 1.807) is 6.07 Å². The van der Waals surface area contributed by atoms with Crippen molar-refractivity contribution in [2.45, 2.75) is 18.9 Å². The Balaban J connectivity index is 2.26. The second-order valence-corrected chi connectivity index (χ2v) is 6.45. The zero-order valence-electron chi connectivity index (χ0n) is 14.6. The predicted octanol–water partition coefficient (Wildman–Crippen LogP) is 1.51. The van der Waals surface area contributed by atoms with E-state index in [1.807, 2.05) is 0 Å². The molecule has 1 heterocycles. The number of Topliss-reactive ketones (excluding diaryl/α,β-unsaturated/α-hetero) is 2. The Morgan fingerprint density at radius 3 is 2.50 bits per heavy atom. The summed E-state index contributed by atoms with van der Waals surface area (Å²) in [7, 11) is 4.40. The number of likely N-dealkylation sites (N-methyl/N-ethyl adjacent to an activating group) is 1. The zero-order valence-corrected chi connectivity index (χ0v) is 14.6. The molecule has 7 nitrogen and oxygen atoms in total. The third-order valence-electron chi connectivity index (χ3n) is 5.15. The number of aliphatic hydroxyl groups is 1. The number of benzene rings is 2. The van der Waals surface area contributed by atoms with Gasteiger partial charge in [-0.15, -0.1) is 0 Å². The van der Waals surface area contributed by atoms with E-state index < -0.39 is 23.6 Å². The molecule has 26 heavy (non-hydrogen) atoms. The van der Waals surface area contributed by atoms with Gasteiger partial charge in [-0.25, -0.2) is 0 Å². The minimum Gasteiger partial charge on any atom is -0.493 e. The van der Waals surface area contributed by atoms with Crippen molar-refractivity contribution >= 4 is 33.9 Å². The average molecular weight is 355 g/mol. The highest BCUT2D eigenvalue weighted by atomic mass is 16.5. The normalized spacial score (nSPS) is 19.0. The van der Waals surface area contributed by atoms with Gasteiger partial charge in [0.15, 0.2) is 17.3 Å². The lowest BCUT2D eigenvalue weighted by atomic mass is 9.81. The molecule has 1 aliphatic heterocycles. The Kier molecular flexibility index (Phi) is 3.52. The Bertz CT molecular complexity index is 1010. The molecule has 0 bridgehead atoms. The number of aryl methyl sites for hydroxylation is 1. The number of aliphatic hydroxyl groups excluding tert-OH is 1. The standard InChI is InChI=1S/C19H17NO6/c1-20-10-6-8-4-5-11(21)17(23)13(8)15-14(10)9(16(22)19(20)24)7-12(25-2)18(15)26-3/h6-7,11,21H,4-5H2,1-3H3/t11-/m0/s1. The topological polar surface area (TPSA) is 93.1 Å². The van der Waals surface area contributed by atoms with Gasteiger partial charge in [-0.05, 0) is 30.5 Å². The lowest BCUT2D eigenvalue weighted by Gasteiger charge is -2.30. The molecular weight excluding hydrogens is 338 g/mol. The van der Waals surface area contributed by atoms with Gasteiger partial charge in [0.1, 0.15) is 6.10 Å². The van der Waals surface area contributed by atoms with Crippen LogP contribution in [0.3, 0.4) is 0 Å². The van der Waals surface area contributed by atoms with Gasteiger partial charge in [0, 0.05) is 28.9 Å². The van der Waals surface area contributed by atoms with Gasteiger partial charge in [0.2, 0.25) is 0 Å². The van der Waals surface area contributed by atoms with E-state index in [2.05, 4.69) is 0 Å². The molecule has 0 aromatic heterocycles. The molecule has 2 aromatic carbocycles. The number of anilines is 1. The largest absolute Gasteiger partial charge is 0.493 e. The number of nitrogens with zero attached hydrogens (tertiary/aromatic N) is 1. The van der Waals surface area contributed by atoms with E-state index in [1.165, 1.54) is 32.2 Å². The second kappa shape index (κ2) is 5.54. The lowest BCUT2D eigenvalue weighted by Crippen LogP contribution is -2.37. The van der Waals surface area contributed by atoms with Crippen molar-refractivity contribution in [1.82, 2.24) is 0 Å². The van der Waals surface area contributed by atoms with Crippen LogP contribution < -0.4 is 14.4 Å². The highest BCUT2D eigenvalue weighted by molar-refractivity contribution is 6.52. The fourth-order valence-corrected chi connectivity index (χ4v) is 3.86. The molecule has 1 amide bonds. The molecule has 0 saturated heterocycles. The van der Waals surface area contributed by atoms with Gasteiger partial charge in [-0.1, -0.05) is 0 Å². The van der Waals surface area contributed by atoms with Gasteiger partial charge in [0.25, 0.3) is 11.7 Å². The smallest absolute Gasteiger partial charge is 0.299 e. The summed E-state index contributed by atoms with van der Waals surface area (Å²) in [4.78, 5) is 39.0. The summed E-state index contributed by atoms with van der Waals surface area (Å²) in [5.41, 5.74) is 1.76. The van der Waals surface area contributed by atoms with Crippen LogP contribution in [0.2, 0.25) is 0 Å². The maximum Gasteiger partial charge on any atom is 0.299 e.